The maximum Gasteiger partial charge on any atom is 0.433 e. The molecule has 0 unspecified atom stereocenters. The number of hydrogen-bond acceptors (Lipinski definition) is 5. The van der Waals surface area contributed by atoms with Crippen molar-refractivity contribution in [3.63, 3.8) is 0 Å². The average Bonchev–Trinajstić information content (AvgIpc) is 3.40. The maximum absolute atomic E-state index is 13.4. The van der Waals surface area contributed by atoms with Gasteiger partial charge in [-0.3, -0.25) is 4.79 Å². The SMILES string of the molecule is Cc1c(C(=O)N(C[C@@H]2CCCO2)[C@H]2CCSC2)sc2nc(C(F)(F)F)ccc12. The van der Waals surface area contributed by atoms with Gasteiger partial charge in [0.05, 0.1) is 11.0 Å². The average molecular weight is 431 g/mol. The van der Waals surface area contributed by atoms with E-state index in [1.807, 2.05) is 16.7 Å². The van der Waals surface area contributed by atoms with Crippen LogP contribution in [0.4, 0.5) is 13.2 Å². The van der Waals surface area contributed by atoms with E-state index in [2.05, 4.69) is 4.98 Å². The van der Waals surface area contributed by atoms with Gasteiger partial charge in [-0.15, -0.1) is 11.3 Å². The number of amides is 1. The highest BCUT2D eigenvalue weighted by atomic mass is 32.2. The summed E-state index contributed by atoms with van der Waals surface area (Å²) in [5, 5.41) is 0.610. The van der Waals surface area contributed by atoms with Gasteiger partial charge in [-0.1, -0.05) is 0 Å². The second-order valence-electron chi connectivity index (χ2n) is 7.21. The van der Waals surface area contributed by atoms with E-state index in [1.165, 1.54) is 6.07 Å². The Kier molecular flexibility index (Phi) is 5.59. The van der Waals surface area contributed by atoms with Crippen molar-refractivity contribution in [2.75, 3.05) is 24.7 Å². The molecule has 1 amide bonds. The smallest absolute Gasteiger partial charge is 0.376 e. The molecule has 152 valence electrons. The summed E-state index contributed by atoms with van der Waals surface area (Å²) in [7, 11) is 0. The summed E-state index contributed by atoms with van der Waals surface area (Å²) in [6, 6.07) is 2.54. The molecular formula is C19H21F3N2O2S2. The van der Waals surface area contributed by atoms with E-state index in [4.69, 9.17) is 4.74 Å². The number of rotatable bonds is 4. The largest absolute Gasteiger partial charge is 0.433 e. The highest BCUT2D eigenvalue weighted by molar-refractivity contribution is 7.99. The second-order valence-corrected chi connectivity index (χ2v) is 9.36. The van der Waals surface area contributed by atoms with Gasteiger partial charge in [0.2, 0.25) is 0 Å². The molecular weight excluding hydrogens is 409 g/mol. The van der Waals surface area contributed by atoms with Crippen LogP contribution < -0.4 is 0 Å². The van der Waals surface area contributed by atoms with Crippen LogP contribution in [0.1, 0.15) is 40.2 Å². The lowest BCUT2D eigenvalue weighted by atomic mass is 10.1. The first kappa shape index (κ1) is 20.0. The molecule has 4 rings (SSSR count). The summed E-state index contributed by atoms with van der Waals surface area (Å²) in [6.45, 7) is 3.05. The quantitative estimate of drug-likeness (QED) is 0.702. The molecule has 4 nitrogen and oxygen atoms in total. The zero-order valence-corrected chi connectivity index (χ0v) is 17.1. The van der Waals surface area contributed by atoms with Crippen molar-refractivity contribution < 1.29 is 22.7 Å². The van der Waals surface area contributed by atoms with Crippen LogP contribution in [0.3, 0.4) is 0 Å². The summed E-state index contributed by atoms with van der Waals surface area (Å²) >= 11 is 2.88. The lowest BCUT2D eigenvalue weighted by Crippen LogP contribution is -2.44. The number of ether oxygens (including phenoxy) is 1. The second kappa shape index (κ2) is 7.84. The molecule has 0 aliphatic carbocycles. The molecule has 4 heterocycles. The van der Waals surface area contributed by atoms with E-state index in [-0.39, 0.29) is 22.9 Å². The number of thioether (sulfide) groups is 1. The molecule has 2 saturated heterocycles. The fourth-order valence-electron chi connectivity index (χ4n) is 3.76. The van der Waals surface area contributed by atoms with Crippen LogP contribution in [0.15, 0.2) is 12.1 Å². The van der Waals surface area contributed by atoms with Crippen LogP contribution in [0.25, 0.3) is 10.2 Å². The summed E-state index contributed by atoms with van der Waals surface area (Å²) in [5.74, 6) is 1.79. The molecule has 0 radical (unpaired) electrons. The Morgan fingerprint density at radius 1 is 1.36 bits per heavy atom. The summed E-state index contributed by atoms with van der Waals surface area (Å²) in [6.07, 6.45) is -1.59. The first-order valence-corrected chi connectivity index (χ1v) is 11.3. The number of pyridine rings is 1. The molecule has 9 heteroatoms. The summed E-state index contributed by atoms with van der Waals surface area (Å²) in [5.41, 5.74) is -0.224. The number of halogens is 3. The Labute approximate surface area is 169 Å². The predicted octanol–water partition coefficient (Wildman–Crippen LogP) is 4.75. The van der Waals surface area contributed by atoms with E-state index >= 15 is 0 Å². The van der Waals surface area contributed by atoms with Gasteiger partial charge < -0.3 is 9.64 Å². The fourth-order valence-corrected chi connectivity index (χ4v) is 6.13. The van der Waals surface area contributed by atoms with Crippen LogP contribution in [0.5, 0.6) is 0 Å². The Balaban J connectivity index is 1.67. The zero-order valence-electron chi connectivity index (χ0n) is 15.4. The molecule has 2 aromatic heterocycles. The number of carbonyl (C=O) groups excluding carboxylic acids is 1. The molecule has 28 heavy (non-hydrogen) atoms. The van der Waals surface area contributed by atoms with E-state index in [0.717, 1.165) is 54.8 Å². The topological polar surface area (TPSA) is 42.4 Å². The molecule has 2 fully saturated rings. The lowest BCUT2D eigenvalue weighted by Gasteiger charge is -2.30. The third-order valence-corrected chi connectivity index (χ3v) is 7.65. The Morgan fingerprint density at radius 2 is 2.18 bits per heavy atom. The first-order chi connectivity index (χ1) is 13.3. The van der Waals surface area contributed by atoms with Crippen LogP contribution >= 0.6 is 23.1 Å². The van der Waals surface area contributed by atoms with Gasteiger partial charge in [0.15, 0.2) is 0 Å². The van der Waals surface area contributed by atoms with Gasteiger partial charge in [0.1, 0.15) is 10.5 Å². The van der Waals surface area contributed by atoms with Gasteiger partial charge in [-0.05, 0) is 49.6 Å². The van der Waals surface area contributed by atoms with E-state index in [1.54, 1.807) is 6.92 Å². The number of fused-ring (bicyclic) bond motifs is 1. The highest BCUT2D eigenvalue weighted by Gasteiger charge is 2.35. The van der Waals surface area contributed by atoms with Crippen molar-refractivity contribution in [2.24, 2.45) is 0 Å². The van der Waals surface area contributed by atoms with Gasteiger partial charge in [-0.25, -0.2) is 4.98 Å². The molecule has 0 saturated carbocycles. The van der Waals surface area contributed by atoms with E-state index in [0.29, 0.717) is 22.4 Å². The first-order valence-electron chi connectivity index (χ1n) is 9.32. The number of alkyl halides is 3. The van der Waals surface area contributed by atoms with Crippen LogP contribution in [0, 0.1) is 6.92 Å². The maximum atomic E-state index is 13.4. The van der Waals surface area contributed by atoms with Gasteiger partial charge in [0.25, 0.3) is 5.91 Å². The number of thiophene rings is 1. The Bertz CT molecular complexity index is 872. The lowest BCUT2D eigenvalue weighted by molar-refractivity contribution is -0.140. The normalized spacial score (nSPS) is 22.9. The number of hydrogen-bond donors (Lipinski definition) is 0. The van der Waals surface area contributed by atoms with Crippen molar-refractivity contribution in [3.8, 4) is 0 Å². The molecule has 0 aromatic carbocycles. The number of carbonyl (C=O) groups is 1. The highest BCUT2D eigenvalue weighted by Crippen LogP contribution is 2.36. The van der Waals surface area contributed by atoms with Crippen molar-refractivity contribution in [1.29, 1.82) is 0 Å². The fraction of sp³-hybridized carbons (Fsp3) is 0.579. The zero-order chi connectivity index (χ0) is 19.9. The van der Waals surface area contributed by atoms with E-state index < -0.39 is 11.9 Å². The van der Waals surface area contributed by atoms with Crippen molar-refractivity contribution in [1.82, 2.24) is 9.88 Å². The number of nitrogens with zero attached hydrogens (tertiary/aromatic N) is 2. The molecule has 2 aliphatic rings. The standard InChI is InChI=1S/C19H21F3N2O2S2/c1-11-14-4-5-15(19(20,21)22)23-17(14)28-16(11)18(25)24(12-6-8-27-10-12)9-13-3-2-7-26-13/h4-5,12-13H,2-3,6-10H2,1H3/t12-,13-/m0/s1. The van der Waals surface area contributed by atoms with Crippen molar-refractivity contribution in [3.05, 3.63) is 28.3 Å². The third kappa shape index (κ3) is 3.89. The molecule has 0 bridgehead atoms. The van der Waals surface area contributed by atoms with E-state index in [9.17, 15) is 18.0 Å². The summed E-state index contributed by atoms with van der Waals surface area (Å²) in [4.78, 5) is 19.8. The van der Waals surface area contributed by atoms with Gasteiger partial charge in [-0.2, -0.15) is 24.9 Å². The monoisotopic (exact) mass is 430 g/mol. The predicted molar refractivity (Wildman–Crippen MR) is 105 cm³/mol. The van der Waals surface area contributed by atoms with Crippen LogP contribution in [-0.4, -0.2) is 52.6 Å². The molecule has 2 aliphatic heterocycles. The Morgan fingerprint density at radius 3 is 2.82 bits per heavy atom. The van der Waals surface area contributed by atoms with Crippen LogP contribution in [-0.2, 0) is 10.9 Å². The third-order valence-electron chi connectivity index (χ3n) is 5.32. The Hall–Kier alpha value is -1.32. The molecule has 0 spiro atoms. The molecule has 2 aromatic rings. The van der Waals surface area contributed by atoms with Crippen LogP contribution in [0.2, 0.25) is 0 Å². The van der Waals surface area contributed by atoms with Gasteiger partial charge >= 0.3 is 6.18 Å². The minimum absolute atomic E-state index is 0.0409. The summed E-state index contributed by atoms with van der Waals surface area (Å²) < 4.78 is 44.7. The minimum atomic E-state index is -4.50. The minimum Gasteiger partial charge on any atom is -0.376 e. The molecule has 0 N–H and O–H groups in total. The van der Waals surface area contributed by atoms with Crippen molar-refractivity contribution >= 4 is 39.2 Å². The number of aryl methyl sites for hydroxylation is 1. The van der Waals surface area contributed by atoms with Gasteiger partial charge in [0, 0.05) is 30.3 Å². The van der Waals surface area contributed by atoms with Crippen molar-refractivity contribution in [2.45, 2.75) is 44.5 Å². The number of aromatic nitrogens is 1. The molecule has 2 atom stereocenters.